The molecule has 0 aromatic carbocycles. The van der Waals surface area contributed by atoms with Crippen LogP contribution >= 0.6 is 8.38 Å². The molecule has 0 atom stereocenters. The fourth-order valence-electron chi connectivity index (χ4n) is 0.528. The lowest BCUT2D eigenvalue weighted by atomic mass is 10.9. The van der Waals surface area contributed by atoms with Crippen LogP contribution in [0.2, 0.25) is 0 Å². The Hall–Kier alpha value is -0.180. The zero-order valence-corrected chi connectivity index (χ0v) is 7.77. The van der Waals surface area contributed by atoms with E-state index in [9.17, 15) is 4.79 Å². The van der Waals surface area contributed by atoms with Crippen LogP contribution in [0.15, 0.2) is 0 Å². The van der Waals surface area contributed by atoms with E-state index in [1.54, 1.807) is 0 Å². The Bertz CT molecular complexity index is 95.8. The summed E-state index contributed by atoms with van der Waals surface area (Å²) in [7, 11) is -0.909. The number of amides is 1. The molecule has 66 valence electrons. The van der Waals surface area contributed by atoms with Crippen molar-refractivity contribution in [3.05, 3.63) is 0 Å². The molecule has 0 saturated carbocycles. The molecule has 0 aromatic heterocycles. The smallest absolute Gasteiger partial charge is 0.207 e. The van der Waals surface area contributed by atoms with Crippen molar-refractivity contribution in [1.29, 1.82) is 0 Å². The lowest BCUT2D eigenvalue weighted by molar-refractivity contribution is -0.109. The van der Waals surface area contributed by atoms with Crippen molar-refractivity contribution >= 4 is 14.8 Å². The quantitative estimate of drug-likeness (QED) is 0.469. The molecule has 1 amide bonds. The summed E-state index contributed by atoms with van der Waals surface area (Å²) in [5.41, 5.74) is 0. The van der Waals surface area contributed by atoms with Gasteiger partial charge in [-0.05, 0) is 13.8 Å². The van der Waals surface area contributed by atoms with Gasteiger partial charge in [-0.2, -0.15) is 0 Å². The lowest BCUT2D eigenvalue weighted by Crippen LogP contribution is -2.12. The summed E-state index contributed by atoms with van der Waals surface area (Å²) in [5.74, 6) is 0. The summed E-state index contributed by atoms with van der Waals surface area (Å²) in [5, 5.41) is 2.52. The molecule has 1 N–H and O–H groups in total. The fourth-order valence-corrected chi connectivity index (χ4v) is 1.59. The number of nitrogens with one attached hydrogen (secondary N) is 1. The molecule has 0 spiro atoms. The van der Waals surface area contributed by atoms with Crippen LogP contribution < -0.4 is 5.32 Å². The minimum atomic E-state index is -0.909. The highest BCUT2D eigenvalue weighted by Gasteiger charge is 2.06. The molecule has 0 aliphatic carbocycles. The molecule has 5 heteroatoms. The molecule has 0 aliphatic rings. The lowest BCUT2D eigenvalue weighted by Gasteiger charge is -2.14. The minimum Gasteiger partial charge on any atom is -0.350 e. The zero-order valence-electron chi connectivity index (χ0n) is 6.87. The Morgan fingerprint density at radius 1 is 1.36 bits per heavy atom. The fraction of sp³-hybridized carbons (Fsp3) is 0.833. The monoisotopic (exact) mass is 179 g/mol. The van der Waals surface area contributed by atoms with Crippen LogP contribution in [0.4, 0.5) is 0 Å². The predicted octanol–water partition coefficient (Wildman–Crippen LogP) is 1.07. The number of rotatable bonds is 7. The van der Waals surface area contributed by atoms with Crippen molar-refractivity contribution in [3.8, 4) is 0 Å². The number of hydrogen-bond donors (Lipinski definition) is 1. The van der Waals surface area contributed by atoms with E-state index < -0.39 is 8.38 Å². The van der Waals surface area contributed by atoms with Gasteiger partial charge in [0.25, 0.3) is 0 Å². The number of hydrogen-bond acceptors (Lipinski definition) is 3. The number of carbonyl (C=O) groups excluding carboxylic acids is 1. The second-order valence-corrected chi connectivity index (χ2v) is 3.15. The molecule has 4 nitrogen and oxygen atoms in total. The summed E-state index contributed by atoms with van der Waals surface area (Å²) in [4.78, 5) is 9.91. The normalized spacial score (nSPS) is 10.1. The average molecular weight is 179 g/mol. The number of carbonyl (C=O) groups is 1. The predicted molar refractivity (Wildman–Crippen MR) is 44.2 cm³/mol. The molecular weight excluding hydrogens is 165 g/mol. The zero-order chi connectivity index (χ0) is 8.53. The van der Waals surface area contributed by atoms with Gasteiger partial charge in [0.1, 0.15) is 0 Å². The van der Waals surface area contributed by atoms with Crippen molar-refractivity contribution < 1.29 is 13.8 Å². The molecule has 0 saturated heterocycles. The molecule has 0 heterocycles. The highest BCUT2D eigenvalue weighted by atomic mass is 31.2. The first-order valence-corrected chi connectivity index (χ1v) is 4.91. The summed E-state index contributed by atoms with van der Waals surface area (Å²) in [6, 6.07) is 0. The van der Waals surface area contributed by atoms with Crippen LogP contribution in [0.1, 0.15) is 13.8 Å². The van der Waals surface area contributed by atoms with Gasteiger partial charge in [-0.1, -0.05) is 0 Å². The standard InChI is InChI=1S/C6H14NO3P/c1-3-9-11(10-4-2)6-7-5-8/h5H,3-4,6H2,1-2H3,(H,7,8). The third kappa shape index (κ3) is 6.23. The molecule has 0 bridgehead atoms. The Morgan fingerprint density at radius 2 is 1.91 bits per heavy atom. The summed E-state index contributed by atoms with van der Waals surface area (Å²) in [6.07, 6.45) is 1.12. The van der Waals surface area contributed by atoms with Gasteiger partial charge in [-0.15, -0.1) is 0 Å². The summed E-state index contributed by atoms with van der Waals surface area (Å²) >= 11 is 0. The van der Waals surface area contributed by atoms with Crippen molar-refractivity contribution in [1.82, 2.24) is 5.32 Å². The van der Waals surface area contributed by atoms with E-state index in [0.717, 1.165) is 0 Å². The second kappa shape index (κ2) is 7.92. The van der Waals surface area contributed by atoms with Gasteiger partial charge in [0, 0.05) is 0 Å². The van der Waals surface area contributed by atoms with Gasteiger partial charge in [-0.3, -0.25) is 4.79 Å². The first-order chi connectivity index (χ1) is 5.35. The Labute approximate surface area is 68.2 Å². The van der Waals surface area contributed by atoms with E-state index in [1.807, 2.05) is 13.8 Å². The van der Waals surface area contributed by atoms with Crippen LogP contribution in [-0.2, 0) is 13.8 Å². The van der Waals surface area contributed by atoms with Crippen molar-refractivity contribution in [2.45, 2.75) is 13.8 Å². The molecule has 0 radical (unpaired) electrons. The van der Waals surface area contributed by atoms with E-state index in [-0.39, 0.29) is 0 Å². The van der Waals surface area contributed by atoms with Crippen LogP contribution in [0, 0.1) is 0 Å². The van der Waals surface area contributed by atoms with E-state index in [0.29, 0.717) is 25.9 Å². The highest BCUT2D eigenvalue weighted by molar-refractivity contribution is 7.47. The largest absolute Gasteiger partial charge is 0.350 e. The van der Waals surface area contributed by atoms with Crippen molar-refractivity contribution in [3.63, 3.8) is 0 Å². The van der Waals surface area contributed by atoms with Crippen molar-refractivity contribution in [2.75, 3.05) is 19.5 Å². The topological polar surface area (TPSA) is 47.6 Å². The van der Waals surface area contributed by atoms with Gasteiger partial charge in [0.15, 0.2) is 8.38 Å². The molecule has 11 heavy (non-hydrogen) atoms. The summed E-state index contributed by atoms with van der Waals surface area (Å²) < 4.78 is 10.4. The second-order valence-electron chi connectivity index (χ2n) is 1.65. The van der Waals surface area contributed by atoms with E-state index in [1.165, 1.54) is 0 Å². The average Bonchev–Trinajstić information content (AvgIpc) is 2.01. The Balaban J connectivity index is 3.41. The Morgan fingerprint density at radius 3 is 2.27 bits per heavy atom. The van der Waals surface area contributed by atoms with Crippen LogP contribution in [0.5, 0.6) is 0 Å². The summed E-state index contributed by atoms with van der Waals surface area (Å²) in [6.45, 7) is 5.03. The molecule has 0 fully saturated rings. The van der Waals surface area contributed by atoms with Crippen LogP contribution in [0.3, 0.4) is 0 Å². The maximum atomic E-state index is 9.91. The molecule has 0 aromatic rings. The van der Waals surface area contributed by atoms with Gasteiger partial charge in [-0.25, -0.2) is 0 Å². The molecule has 0 rings (SSSR count). The van der Waals surface area contributed by atoms with Crippen molar-refractivity contribution in [2.24, 2.45) is 0 Å². The Kier molecular flexibility index (Phi) is 7.79. The van der Waals surface area contributed by atoms with Gasteiger partial charge < -0.3 is 14.4 Å². The van der Waals surface area contributed by atoms with E-state index >= 15 is 0 Å². The molecule has 0 aliphatic heterocycles. The third-order valence-corrected chi connectivity index (χ3v) is 2.38. The first kappa shape index (κ1) is 10.8. The maximum absolute atomic E-state index is 9.91. The molecular formula is C6H14NO3P. The van der Waals surface area contributed by atoms with E-state index in [4.69, 9.17) is 9.05 Å². The molecule has 0 unspecified atom stereocenters. The van der Waals surface area contributed by atoms with Gasteiger partial charge >= 0.3 is 0 Å². The van der Waals surface area contributed by atoms with Crippen LogP contribution in [-0.4, -0.2) is 25.9 Å². The maximum Gasteiger partial charge on any atom is 0.207 e. The highest BCUT2D eigenvalue weighted by Crippen LogP contribution is 2.35. The first-order valence-electron chi connectivity index (χ1n) is 3.55. The van der Waals surface area contributed by atoms with E-state index in [2.05, 4.69) is 5.32 Å². The third-order valence-electron chi connectivity index (χ3n) is 0.850. The van der Waals surface area contributed by atoms with Gasteiger partial charge in [0.2, 0.25) is 6.41 Å². The van der Waals surface area contributed by atoms with Gasteiger partial charge in [0.05, 0.1) is 19.5 Å². The SMILES string of the molecule is CCOP(CNC=O)OCC. The minimum absolute atomic E-state index is 0.473. The van der Waals surface area contributed by atoms with Crippen LogP contribution in [0.25, 0.3) is 0 Å².